The highest BCUT2D eigenvalue weighted by Gasteiger charge is 2.12. The molecule has 4 heteroatoms. The summed E-state index contributed by atoms with van der Waals surface area (Å²) in [5.41, 5.74) is 0.216. The molecule has 0 aliphatic rings. The topological polar surface area (TPSA) is 26.3 Å². The third kappa shape index (κ3) is 2.23. The summed E-state index contributed by atoms with van der Waals surface area (Å²) in [4.78, 5) is 11.1. The second-order valence-electron chi connectivity index (χ2n) is 2.75. The molecule has 0 aromatic heterocycles. The second-order valence-corrected chi connectivity index (χ2v) is 3.16. The molecule has 0 N–H and O–H groups in total. The number of Topliss-reactive ketones (excluding diaryl/α,β-unsaturated/α-hetero) is 1. The first kappa shape index (κ1) is 11.0. The zero-order chi connectivity index (χ0) is 10.7. The Morgan fingerprint density at radius 3 is 2.71 bits per heavy atom. The van der Waals surface area contributed by atoms with Gasteiger partial charge in [-0.1, -0.05) is 11.6 Å². The zero-order valence-electron chi connectivity index (χ0n) is 7.93. The van der Waals surface area contributed by atoms with Crippen LogP contribution in [0.5, 0.6) is 5.75 Å². The Morgan fingerprint density at radius 2 is 2.21 bits per heavy atom. The molecule has 0 spiro atoms. The lowest BCUT2D eigenvalue weighted by Crippen LogP contribution is -2.01. The highest BCUT2D eigenvalue weighted by molar-refractivity contribution is 6.31. The van der Waals surface area contributed by atoms with Crippen LogP contribution in [0.2, 0.25) is 5.02 Å². The van der Waals surface area contributed by atoms with E-state index in [4.69, 9.17) is 16.3 Å². The molecule has 76 valence electrons. The van der Waals surface area contributed by atoms with E-state index in [1.54, 1.807) is 6.92 Å². The first-order valence-corrected chi connectivity index (χ1v) is 4.56. The van der Waals surface area contributed by atoms with E-state index in [1.165, 1.54) is 13.0 Å². The van der Waals surface area contributed by atoms with Gasteiger partial charge in [-0.05, 0) is 19.9 Å². The van der Waals surface area contributed by atoms with Gasteiger partial charge in [0.25, 0.3) is 0 Å². The minimum atomic E-state index is -0.611. The normalized spacial score (nSPS) is 10.0. The van der Waals surface area contributed by atoms with E-state index in [-0.39, 0.29) is 16.4 Å². The van der Waals surface area contributed by atoms with Crippen LogP contribution in [0.15, 0.2) is 12.1 Å². The van der Waals surface area contributed by atoms with E-state index >= 15 is 0 Å². The lowest BCUT2D eigenvalue weighted by Gasteiger charge is -2.08. The summed E-state index contributed by atoms with van der Waals surface area (Å²) in [5.74, 6) is -0.532. The quantitative estimate of drug-likeness (QED) is 0.726. The van der Waals surface area contributed by atoms with Gasteiger partial charge in [0.1, 0.15) is 11.6 Å². The van der Waals surface area contributed by atoms with Crippen LogP contribution in [0.4, 0.5) is 4.39 Å². The van der Waals surface area contributed by atoms with Crippen LogP contribution in [0, 0.1) is 5.82 Å². The summed E-state index contributed by atoms with van der Waals surface area (Å²) < 4.78 is 18.2. The standard InChI is InChI=1S/C10H10ClFO2/c1-3-14-10-5-8(11)9(12)4-7(10)6(2)13/h4-5H,3H2,1-2H3. The third-order valence-electron chi connectivity index (χ3n) is 1.70. The minimum absolute atomic E-state index is 0.0431. The van der Waals surface area contributed by atoms with E-state index in [0.717, 1.165) is 6.07 Å². The highest BCUT2D eigenvalue weighted by atomic mass is 35.5. The summed E-state index contributed by atoms with van der Waals surface area (Å²) in [6.45, 7) is 3.54. The van der Waals surface area contributed by atoms with E-state index in [9.17, 15) is 9.18 Å². The molecule has 1 aromatic carbocycles. The molecule has 0 saturated heterocycles. The maximum Gasteiger partial charge on any atom is 0.163 e. The van der Waals surface area contributed by atoms with Crippen LogP contribution >= 0.6 is 11.6 Å². The molecule has 0 radical (unpaired) electrons. The van der Waals surface area contributed by atoms with E-state index in [1.807, 2.05) is 0 Å². The summed E-state index contributed by atoms with van der Waals surface area (Å²) in [6.07, 6.45) is 0. The van der Waals surface area contributed by atoms with E-state index < -0.39 is 5.82 Å². The van der Waals surface area contributed by atoms with Crippen LogP contribution in [0.25, 0.3) is 0 Å². The van der Waals surface area contributed by atoms with Crippen molar-refractivity contribution in [1.82, 2.24) is 0 Å². The zero-order valence-corrected chi connectivity index (χ0v) is 8.69. The fourth-order valence-corrected chi connectivity index (χ4v) is 1.23. The predicted octanol–water partition coefficient (Wildman–Crippen LogP) is 3.08. The number of ether oxygens (including phenoxy) is 1. The van der Waals surface area contributed by atoms with Crippen LogP contribution in [0.1, 0.15) is 24.2 Å². The number of benzene rings is 1. The van der Waals surface area contributed by atoms with E-state index in [2.05, 4.69) is 0 Å². The third-order valence-corrected chi connectivity index (χ3v) is 1.99. The first-order chi connectivity index (χ1) is 6.56. The second kappa shape index (κ2) is 4.42. The van der Waals surface area contributed by atoms with Crippen LogP contribution in [-0.2, 0) is 0 Å². The fourth-order valence-electron chi connectivity index (χ4n) is 1.08. The maximum absolute atomic E-state index is 13.0. The Morgan fingerprint density at radius 1 is 1.57 bits per heavy atom. The van der Waals surface area contributed by atoms with Crippen molar-refractivity contribution in [2.45, 2.75) is 13.8 Å². The van der Waals surface area contributed by atoms with Gasteiger partial charge in [0, 0.05) is 6.07 Å². The molecule has 0 aliphatic heterocycles. The van der Waals surface area contributed by atoms with Gasteiger partial charge in [0.15, 0.2) is 5.78 Å². The lowest BCUT2D eigenvalue weighted by atomic mass is 10.1. The number of hydrogen-bond donors (Lipinski definition) is 0. The van der Waals surface area contributed by atoms with Gasteiger partial charge in [0.2, 0.25) is 0 Å². The maximum atomic E-state index is 13.0. The molecule has 0 amide bonds. The van der Waals surface area contributed by atoms with Crippen LogP contribution in [-0.4, -0.2) is 12.4 Å². The summed E-state index contributed by atoms with van der Waals surface area (Å²) in [6, 6.07) is 2.41. The number of carbonyl (C=O) groups is 1. The molecule has 0 unspecified atom stereocenters. The highest BCUT2D eigenvalue weighted by Crippen LogP contribution is 2.26. The average molecular weight is 217 g/mol. The number of carbonyl (C=O) groups excluding carboxylic acids is 1. The Bertz CT molecular complexity index is 363. The van der Waals surface area contributed by atoms with Gasteiger partial charge >= 0.3 is 0 Å². The number of hydrogen-bond acceptors (Lipinski definition) is 2. The van der Waals surface area contributed by atoms with Crippen LogP contribution < -0.4 is 4.74 Å². The Kier molecular flexibility index (Phi) is 3.47. The molecule has 0 atom stereocenters. The van der Waals surface area contributed by atoms with Gasteiger partial charge < -0.3 is 4.74 Å². The number of halogens is 2. The molecule has 0 aliphatic carbocycles. The average Bonchev–Trinajstić information content (AvgIpc) is 2.11. The minimum Gasteiger partial charge on any atom is -0.493 e. The SMILES string of the molecule is CCOc1cc(Cl)c(F)cc1C(C)=O. The van der Waals surface area contributed by atoms with Crippen molar-refractivity contribution in [2.75, 3.05) is 6.61 Å². The summed E-state index contributed by atoms with van der Waals surface area (Å²) in [7, 11) is 0. The Hall–Kier alpha value is -1.09. The van der Waals surface area contributed by atoms with Gasteiger partial charge in [-0.25, -0.2) is 4.39 Å². The van der Waals surface area contributed by atoms with Gasteiger partial charge in [-0.3, -0.25) is 4.79 Å². The van der Waals surface area contributed by atoms with Crippen molar-refractivity contribution >= 4 is 17.4 Å². The van der Waals surface area contributed by atoms with Crippen molar-refractivity contribution in [3.63, 3.8) is 0 Å². The molecule has 1 aromatic rings. The van der Waals surface area contributed by atoms with Gasteiger partial charge in [0.05, 0.1) is 17.2 Å². The molecule has 0 bridgehead atoms. The van der Waals surface area contributed by atoms with Crippen molar-refractivity contribution in [3.8, 4) is 5.75 Å². The number of rotatable bonds is 3. The molecule has 0 saturated carbocycles. The predicted molar refractivity (Wildman–Crippen MR) is 52.6 cm³/mol. The number of ketones is 1. The largest absolute Gasteiger partial charge is 0.493 e. The van der Waals surface area contributed by atoms with Gasteiger partial charge in [-0.2, -0.15) is 0 Å². The van der Waals surface area contributed by atoms with Crippen molar-refractivity contribution in [1.29, 1.82) is 0 Å². The molecule has 1 rings (SSSR count). The summed E-state index contributed by atoms with van der Waals surface area (Å²) in [5, 5.41) is -0.0431. The molecular weight excluding hydrogens is 207 g/mol. The van der Waals surface area contributed by atoms with Crippen molar-refractivity contribution in [3.05, 3.63) is 28.5 Å². The van der Waals surface area contributed by atoms with Crippen molar-refractivity contribution < 1.29 is 13.9 Å². The Balaban J connectivity index is 3.24. The van der Waals surface area contributed by atoms with Crippen molar-refractivity contribution in [2.24, 2.45) is 0 Å². The Labute approximate surface area is 86.6 Å². The molecule has 0 heterocycles. The summed E-state index contributed by atoms with van der Waals surface area (Å²) >= 11 is 5.56. The molecule has 14 heavy (non-hydrogen) atoms. The lowest BCUT2D eigenvalue weighted by molar-refractivity contribution is 0.101. The first-order valence-electron chi connectivity index (χ1n) is 4.19. The molecule has 2 nitrogen and oxygen atoms in total. The molecule has 0 fully saturated rings. The fraction of sp³-hybridized carbons (Fsp3) is 0.300. The van der Waals surface area contributed by atoms with Gasteiger partial charge in [-0.15, -0.1) is 0 Å². The van der Waals surface area contributed by atoms with Crippen LogP contribution in [0.3, 0.4) is 0 Å². The smallest absolute Gasteiger partial charge is 0.163 e. The van der Waals surface area contributed by atoms with E-state index in [0.29, 0.717) is 12.4 Å². The monoisotopic (exact) mass is 216 g/mol. The molecular formula is C10H10ClFO2.